The largest absolute Gasteiger partial charge is 0.480 e. The van der Waals surface area contributed by atoms with E-state index < -0.39 is 16.8 Å². The molecule has 0 aliphatic rings. The predicted octanol–water partition coefficient (Wildman–Crippen LogP) is 2.29. The van der Waals surface area contributed by atoms with Crippen molar-refractivity contribution in [3.63, 3.8) is 0 Å². The summed E-state index contributed by atoms with van der Waals surface area (Å²) in [6.07, 6.45) is 0. The molecule has 1 rings (SSSR count). The normalized spacial score (nSPS) is 12.8. The summed E-state index contributed by atoms with van der Waals surface area (Å²) in [4.78, 5) is 10.9. The number of aryl methyl sites for hydroxylation is 1. The van der Waals surface area contributed by atoms with Gasteiger partial charge in [0.05, 0.1) is 11.6 Å². The molecular weight excluding hydrogens is 260 g/mol. The van der Waals surface area contributed by atoms with Crippen LogP contribution in [-0.4, -0.2) is 21.9 Å². The molecule has 0 radical (unpaired) electrons. The van der Waals surface area contributed by atoms with Gasteiger partial charge < -0.3 is 10.8 Å². The number of hydrogen-bond acceptors (Lipinski definition) is 4. The molecule has 3 N–H and O–H groups in total. The summed E-state index contributed by atoms with van der Waals surface area (Å²) in [7, 11) is 0. The molecule has 4 nitrogen and oxygen atoms in total. The maximum Gasteiger partial charge on any atom is 0.321 e. The predicted molar refractivity (Wildman–Crippen MR) is 76.9 cm³/mol. The average Bonchev–Trinajstić information content (AvgIpc) is 2.36. The first-order valence-electron chi connectivity index (χ1n) is 5.90. The number of rotatable bonds is 5. The highest BCUT2D eigenvalue weighted by Crippen LogP contribution is 2.31. The third kappa shape index (κ3) is 3.98. The van der Waals surface area contributed by atoms with Gasteiger partial charge in [0.1, 0.15) is 6.04 Å². The van der Waals surface area contributed by atoms with Crippen molar-refractivity contribution in [2.45, 2.75) is 37.3 Å². The number of thioether (sulfide) groups is 1. The van der Waals surface area contributed by atoms with Crippen molar-refractivity contribution in [2.75, 3.05) is 0 Å². The van der Waals surface area contributed by atoms with Crippen molar-refractivity contribution in [3.8, 4) is 6.07 Å². The van der Waals surface area contributed by atoms with Gasteiger partial charge in [-0.05, 0) is 44.0 Å². The lowest BCUT2D eigenvalue weighted by Gasteiger charge is -2.28. The monoisotopic (exact) mass is 278 g/mol. The minimum atomic E-state index is -0.992. The van der Waals surface area contributed by atoms with E-state index in [9.17, 15) is 4.79 Å². The second-order valence-corrected chi connectivity index (χ2v) is 6.59. The molecule has 0 spiro atoms. The molecule has 0 fully saturated rings. The van der Waals surface area contributed by atoms with Gasteiger partial charge in [-0.15, -0.1) is 11.8 Å². The van der Waals surface area contributed by atoms with Crippen LogP contribution in [0.3, 0.4) is 0 Å². The molecule has 0 aliphatic heterocycles. The van der Waals surface area contributed by atoms with Gasteiger partial charge in [-0.1, -0.05) is 6.07 Å². The fourth-order valence-electron chi connectivity index (χ4n) is 1.58. The number of carbonyl (C=O) groups is 1. The number of nitriles is 1. The number of carboxylic acid groups (broad SMARTS) is 1. The summed E-state index contributed by atoms with van der Waals surface area (Å²) in [5, 5.41) is 17.8. The Balaban J connectivity index is 2.77. The zero-order chi connectivity index (χ0) is 14.6. The Labute approximate surface area is 117 Å². The molecule has 1 aromatic carbocycles. The average molecular weight is 278 g/mol. The van der Waals surface area contributed by atoms with Crippen molar-refractivity contribution in [3.05, 3.63) is 34.9 Å². The quantitative estimate of drug-likeness (QED) is 0.863. The molecule has 0 amide bonds. The molecule has 0 saturated carbocycles. The van der Waals surface area contributed by atoms with Gasteiger partial charge in [0.25, 0.3) is 0 Å². The smallest absolute Gasteiger partial charge is 0.321 e. The highest BCUT2D eigenvalue weighted by atomic mass is 32.2. The zero-order valence-corrected chi connectivity index (χ0v) is 12.1. The van der Waals surface area contributed by atoms with E-state index in [0.717, 1.165) is 11.1 Å². The first-order chi connectivity index (χ1) is 8.77. The molecule has 0 saturated heterocycles. The van der Waals surface area contributed by atoms with Crippen LogP contribution in [0.1, 0.15) is 30.5 Å². The summed E-state index contributed by atoms with van der Waals surface area (Å²) in [6, 6.07) is 6.70. The molecule has 0 heterocycles. The van der Waals surface area contributed by atoms with Crippen molar-refractivity contribution in [1.82, 2.24) is 0 Å². The third-order valence-electron chi connectivity index (χ3n) is 3.09. The lowest BCUT2D eigenvalue weighted by molar-refractivity contribution is -0.139. The fourth-order valence-corrected chi connectivity index (χ4v) is 2.71. The van der Waals surface area contributed by atoms with Crippen LogP contribution in [0.4, 0.5) is 0 Å². The molecule has 1 atom stereocenters. The van der Waals surface area contributed by atoms with Crippen LogP contribution in [0.25, 0.3) is 0 Å². The summed E-state index contributed by atoms with van der Waals surface area (Å²) >= 11 is 1.51. The van der Waals surface area contributed by atoms with Crippen LogP contribution in [0.5, 0.6) is 0 Å². The van der Waals surface area contributed by atoms with Gasteiger partial charge in [-0.3, -0.25) is 4.79 Å². The standard InChI is InChI=1S/C14H18N2O2S/c1-9-6-10(7-15)4-5-11(9)8-19-14(2,3)12(16)13(17)18/h4-6,12H,8,16H2,1-3H3,(H,17,18)/t12-/m1/s1. The van der Waals surface area contributed by atoms with Crippen LogP contribution < -0.4 is 5.73 Å². The zero-order valence-electron chi connectivity index (χ0n) is 11.3. The summed E-state index contributed by atoms with van der Waals surface area (Å²) < 4.78 is -0.549. The fraction of sp³-hybridized carbons (Fsp3) is 0.429. The maximum atomic E-state index is 10.9. The van der Waals surface area contributed by atoms with Crippen LogP contribution in [-0.2, 0) is 10.5 Å². The number of hydrogen-bond donors (Lipinski definition) is 2. The molecule has 0 aliphatic carbocycles. The van der Waals surface area contributed by atoms with Gasteiger partial charge in [-0.25, -0.2) is 0 Å². The third-order valence-corrected chi connectivity index (χ3v) is 4.54. The lowest BCUT2D eigenvalue weighted by atomic mass is 10.1. The molecule has 1 aromatic rings. The molecule has 5 heteroatoms. The first-order valence-corrected chi connectivity index (χ1v) is 6.88. The Morgan fingerprint density at radius 1 is 1.58 bits per heavy atom. The first kappa shape index (κ1) is 15.5. The Hall–Kier alpha value is -1.51. The number of benzene rings is 1. The van der Waals surface area contributed by atoms with Crippen LogP contribution in [0.2, 0.25) is 0 Å². The number of nitrogens with zero attached hydrogens (tertiary/aromatic N) is 1. The summed E-state index contributed by atoms with van der Waals surface area (Å²) in [5.41, 5.74) is 8.44. The summed E-state index contributed by atoms with van der Waals surface area (Å²) in [5.74, 6) is -0.319. The van der Waals surface area contributed by atoms with E-state index >= 15 is 0 Å². The maximum absolute atomic E-state index is 10.9. The Bertz CT molecular complexity index is 521. The molecular formula is C14H18N2O2S. The van der Waals surface area contributed by atoms with E-state index in [1.807, 2.05) is 32.9 Å². The molecule has 0 bridgehead atoms. The van der Waals surface area contributed by atoms with Crippen molar-refractivity contribution < 1.29 is 9.90 Å². The molecule has 19 heavy (non-hydrogen) atoms. The van der Waals surface area contributed by atoms with E-state index in [2.05, 4.69) is 6.07 Å². The van der Waals surface area contributed by atoms with Crippen LogP contribution in [0, 0.1) is 18.3 Å². The SMILES string of the molecule is Cc1cc(C#N)ccc1CSC(C)(C)[C@H](N)C(=O)O. The number of aliphatic carboxylic acids is 1. The van der Waals surface area contributed by atoms with Gasteiger partial charge in [0.2, 0.25) is 0 Å². The minimum absolute atomic E-state index is 0.549. The van der Waals surface area contributed by atoms with Crippen molar-refractivity contribution in [1.29, 1.82) is 5.26 Å². The van der Waals surface area contributed by atoms with Crippen molar-refractivity contribution in [2.24, 2.45) is 5.73 Å². The Morgan fingerprint density at radius 3 is 2.68 bits per heavy atom. The topological polar surface area (TPSA) is 87.1 Å². The van der Waals surface area contributed by atoms with Gasteiger partial charge >= 0.3 is 5.97 Å². The van der Waals surface area contributed by atoms with E-state index in [0.29, 0.717) is 11.3 Å². The van der Waals surface area contributed by atoms with Crippen LogP contribution >= 0.6 is 11.8 Å². The van der Waals surface area contributed by atoms with E-state index in [1.54, 1.807) is 6.07 Å². The molecule has 0 aromatic heterocycles. The molecule has 102 valence electrons. The highest BCUT2D eigenvalue weighted by Gasteiger charge is 2.32. The van der Waals surface area contributed by atoms with E-state index in [1.165, 1.54) is 11.8 Å². The van der Waals surface area contributed by atoms with Crippen molar-refractivity contribution >= 4 is 17.7 Å². The van der Waals surface area contributed by atoms with E-state index in [4.69, 9.17) is 16.1 Å². The Morgan fingerprint density at radius 2 is 2.21 bits per heavy atom. The summed E-state index contributed by atoms with van der Waals surface area (Å²) in [6.45, 7) is 5.60. The second-order valence-electron chi connectivity index (χ2n) is 4.96. The van der Waals surface area contributed by atoms with Gasteiger partial charge in [-0.2, -0.15) is 5.26 Å². The van der Waals surface area contributed by atoms with Gasteiger partial charge in [0, 0.05) is 10.5 Å². The number of nitrogens with two attached hydrogens (primary N) is 1. The van der Waals surface area contributed by atoms with Gasteiger partial charge in [0.15, 0.2) is 0 Å². The van der Waals surface area contributed by atoms with Crippen LogP contribution in [0.15, 0.2) is 18.2 Å². The lowest BCUT2D eigenvalue weighted by Crippen LogP contribution is -2.46. The molecule has 0 unspecified atom stereocenters. The number of carboxylic acids is 1. The minimum Gasteiger partial charge on any atom is -0.480 e. The highest BCUT2D eigenvalue weighted by molar-refractivity contribution is 7.99. The Kier molecular flexibility index (Phi) is 4.98. The van der Waals surface area contributed by atoms with E-state index in [-0.39, 0.29) is 0 Å². The second kappa shape index (κ2) is 6.09.